The van der Waals surface area contributed by atoms with E-state index in [2.05, 4.69) is 10.0 Å². The largest absolute Gasteiger partial charge is 0.497 e. The Morgan fingerprint density at radius 1 is 0.931 bits per heavy atom. The van der Waals surface area contributed by atoms with Gasteiger partial charge >= 0.3 is 0 Å². The minimum atomic E-state index is -3.91. The molecule has 0 bridgehead atoms. The minimum Gasteiger partial charge on any atom is -0.497 e. The van der Waals surface area contributed by atoms with Crippen molar-refractivity contribution in [1.82, 2.24) is 0 Å². The number of halogens is 2. The van der Waals surface area contributed by atoms with E-state index >= 15 is 0 Å². The van der Waals surface area contributed by atoms with Crippen LogP contribution in [0, 0.1) is 0 Å². The molecule has 150 valence electrons. The van der Waals surface area contributed by atoms with E-state index in [0.717, 1.165) is 0 Å². The molecule has 3 aromatic rings. The molecule has 0 aliphatic heterocycles. The van der Waals surface area contributed by atoms with Crippen molar-refractivity contribution in [2.75, 3.05) is 17.1 Å². The monoisotopic (exact) mass is 450 g/mol. The standard InChI is InChI=1S/C20H16Cl2N2O4S/c1-28-14-7-9-15(10-8-14)29(26,27)24-18-5-3-2-4-16(18)20(25)23-19-12-13(21)6-11-17(19)22/h2-12,24H,1H3,(H,23,25). The van der Waals surface area contributed by atoms with Crippen LogP contribution in [-0.4, -0.2) is 21.4 Å². The van der Waals surface area contributed by atoms with Gasteiger partial charge in [-0.1, -0.05) is 35.3 Å². The molecule has 0 aliphatic carbocycles. The second kappa shape index (κ2) is 8.73. The van der Waals surface area contributed by atoms with E-state index in [-0.39, 0.29) is 16.1 Å². The van der Waals surface area contributed by atoms with Gasteiger partial charge in [-0.15, -0.1) is 0 Å². The third kappa shape index (κ3) is 5.00. The lowest BCUT2D eigenvalue weighted by molar-refractivity contribution is 0.102. The third-order valence-electron chi connectivity index (χ3n) is 3.96. The smallest absolute Gasteiger partial charge is 0.261 e. The summed E-state index contributed by atoms with van der Waals surface area (Å²) in [5.74, 6) is -0.00988. The Labute approximate surface area is 178 Å². The topological polar surface area (TPSA) is 84.5 Å². The Morgan fingerprint density at radius 3 is 2.31 bits per heavy atom. The molecule has 2 N–H and O–H groups in total. The Bertz CT molecular complexity index is 1150. The van der Waals surface area contributed by atoms with Crippen molar-refractivity contribution in [1.29, 1.82) is 0 Å². The zero-order valence-corrected chi connectivity index (χ0v) is 17.5. The van der Waals surface area contributed by atoms with Gasteiger partial charge in [0, 0.05) is 5.02 Å². The summed E-state index contributed by atoms with van der Waals surface area (Å²) in [6, 6.07) is 16.8. The van der Waals surface area contributed by atoms with Crippen LogP contribution < -0.4 is 14.8 Å². The average Bonchev–Trinajstić information content (AvgIpc) is 2.71. The number of carbonyl (C=O) groups excluding carboxylic acids is 1. The fourth-order valence-corrected chi connectivity index (χ4v) is 3.93. The lowest BCUT2D eigenvalue weighted by Gasteiger charge is -2.14. The van der Waals surface area contributed by atoms with Crippen LogP contribution in [-0.2, 0) is 10.0 Å². The van der Waals surface area contributed by atoms with Crippen LogP contribution in [0.4, 0.5) is 11.4 Å². The highest BCUT2D eigenvalue weighted by Gasteiger charge is 2.19. The molecular formula is C20H16Cl2N2O4S. The fourth-order valence-electron chi connectivity index (χ4n) is 2.51. The molecule has 0 saturated carbocycles. The first kappa shape index (κ1) is 21.0. The number of amides is 1. The number of hydrogen-bond donors (Lipinski definition) is 2. The number of anilines is 2. The number of para-hydroxylation sites is 1. The zero-order valence-electron chi connectivity index (χ0n) is 15.1. The second-order valence-electron chi connectivity index (χ2n) is 5.90. The SMILES string of the molecule is COc1ccc(S(=O)(=O)Nc2ccccc2C(=O)Nc2cc(Cl)ccc2Cl)cc1. The van der Waals surface area contributed by atoms with Gasteiger partial charge in [0.25, 0.3) is 15.9 Å². The van der Waals surface area contributed by atoms with E-state index in [4.69, 9.17) is 27.9 Å². The van der Waals surface area contributed by atoms with Crippen molar-refractivity contribution in [3.05, 3.63) is 82.3 Å². The van der Waals surface area contributed by atoms with Crippen LogP contribution in [0.2, 0.25) is 10.0 Å². The van der Waals surface area contributed by atoms with Gasteiger partial charge in [0.15, 0.2) is 0 Å². The van der Waals surface area contributed by atoms with Crippen LogP contribution in [0.5, 0.6) is 5.75 Å². The fraction of sp³-hybridized carbons (Fsp3) is 0.0500. The summed E-state index contributed by atoms with van der Waals surface area (Å²) in [5.41, 5.74) is 0.566. The minimum absolute atomic E-state index is 0.0337. The van der Waals surface area contributed by atoms with Crippen LogP contribution in [0.25, 0.3) is 0 Å². The average molecular weight is 451 g/mol. The van der Waals surface area contributed by atoms with Crippen LogP contribution in [0.1, 0.15) is 10.4 Å². The number of hydrogen-bond acceptors (Lipinski definition) is 4. The van der Waals surface area contributed by atoms with Crippen molar-refractivity contribution >= 4 is 50.5 Å². The highest BCUT2D eigenvalue weighted by Crippen LogP contribution is 2.27. The zero-order chi connectivity index (χ0) is 21.0. The van der Waals surface area contributed by atoms with Crippen molar-refractivity contribution in [3.63, 3.8) is 0 Å². The summed E-state index contributed by atoms with van der Waals surface area (Å²) in [7, 11) is -2.43. The molecule has 29 heavy (non-hydrogen) atoms. The van der Waals surface area contributed by atoms with Crippen molar-refractivity contribution in [2.24, 2.45) is 0 Å². The summed E-state index contributed by atoms with van der Waals surface area (Å²) in [6.07, 6.45) is 0. The summed E-state index contributed by atoms with van der Waals surface area (Å²) in [6.45, 7) is 0. The summed E-state index contributed by atoms with van der Waals surface area (Å²) in [4.78, 5) is 12.8. The molecule has 0 aliphatic rings. The van der Waals surface area contributed by atoms with E-state index in [0.29, 0.717) is 21.5 Å². The maximum Gasteiger partial charge on any atom is 0.261 e. The first-order valence-corrected chi connectivity index (χ1v) is 10.6. The lowest BCUT2D eigenvalue weighted by atomic mass is 10.1. The van der Waals surface area contributed by atoms with Gasteiger partial charge in [-0.3, -0.25) is 9.52 Å². The van der Waals surface area contributed by atoms with Gasteiger partial charge in [-0.05, 0) is 54.6 Å². The summed E-state index contributed by atoms with van der Waals surface area (Å²) >= 11 is 12.0. The van der Waals surface area contributed by atoms with Gasteiger partial charge in [0.05, 0.1) is 34.0 Å². The van der Waals surface area contributed by atoms with Crippen molar-refractivity contribution in [3.8, 4) is 5.75 Å². The number of nitrogens with one attached hydrogen (secondary N) is 2. The quantitative estimate of drug-likeness (QED) is 0.549. The predicted molar refractivity (Wildman–Crippen MR) is 115 cm³/mol. The summed E-state index contributed by atoms with van der Waals surface area (Å²) < 4.78 is 32.9. The molecular weight excluding hydrogens is 435 g/mol. The molecule has 0 aromatic heterocycles. The maximum atomic E-state index is 12.7. The molecule has 3 aromatic carbocycles. The molecule has 0 spiro atoms. The Hall–Kier alpha value is -2.74. The first-order valence-electron chi connectivity index (χ1n) is 8.32. The molecule has 1 amide bonds. The molecule has 6 nitrogen and oxygen atoms in total. The molecule has 3 rings (SSSR count). The third-order valence-corrected chi connectivity index (χ3v) is 5.91. The van der Waals surface area contributed by atoms with E-state index in [1.807, 2.05) is 0 Å². The molecule has 9 heteroatoms. The van der Waals surface area contributed by atoms with E-state index < -0.39 is 15.9 Å². The summed E-state index contributed by atoms with van der Waals surface area (Å²) in [5, 5.41) is 3.35. The number of sulfonamides is 1. The second-order valence-corrected chi connectivity index (χ2v) is 8.43. The maximum absolute atomic E-state index is 12.7. The van der Waals surface area contributed by atoms with Gasteiger partial charge in [0.2, 0.25) is 0 Å². The van der Waals surface area contributed by atoms with Crippen molar-refractivity contribution in [2.45, 2.75) is 4.90 Å². The predicted octanol–water partition coefficient (Wildman–Crippen LogP) is 5.06. The van der Waals surface area contributed by atoms with E-state index in [9.17, 15) is 13.2 Å². The van der Waals surface area contributed by atoms with Gasteiger partial charge in [-0.2, -0.15) is 0 Å². The highest BCUT2D eigenvalue weighted by atomic mass is 35.5. The Morgan fingerprint density at radius 2 is 1.62 bits per heavy atom. The van der Waals surface area contributed by atoms with Crippen LogP contribution >= 0.6 is 23.2 Å². The van der Waals surface area contributed by atoms with Gasteiger partial charge in [0.1, 0.15) is 5.75 Å². The number of rotatable bonds is 6. The van der Waals surface area contributed by atoms with E-state index in [1.165, 1.54) is 49.6 Å². The van der Waals surface area contributed by atoms with Crippen LogP contribution in [0.3, 0.4) is 0 Å². The van der Waals surface area contributed by atoms with Crippen LogP contribution in [0.15, 0.2) is 71.6 Å². The molecule has 0 radical (unpaired) electrons. The highest BCUT2D eigenvalue weighted by molar-refractivity contribution is 7.92. The molecule has 0 saturated heterocycles. The Balaban J connectivity index is 1.88. The van der Waals surface area contributed by atoms with E-state index in [1.54, 1.807) is 24.3 Å². The number of benzene rings is 3. The molecule has 0 fully saturated rings. The molecule has 0 unspecified atom stereocenters. The van der Waals surface area contributed by atoms with Gasteiger partial charge in [-0.25, -0.2) is 8.42 Å². The number of carbonyl (C=O) groups is 1. The number of ether oxygens (including phenoxy) is 1. The lowest BCUT2D eigenvalue weighted by Crippen LogP contribution is -2.18. The normalized spacial score (nSPS) is 11.0. The van der Waals surface area contributed by atoms with Crippen molar-refractivity contribution < 1.29 is 17.9 Å². The van der Waals surface area contributed by atoms with Gasteiger partial charge < -0.3 is 10.1 Å². The molecule has 0 heterocycles. The first-order chi connectivity index (χ1) is 13.8. The molecule has 0 atom stereocenters. The number of methoxy groups -OCH3 is 1. The Kier molecular flexibility index (Phi) is 6.32.